The van der Waals surface area contributed by atoms with Crippen LogP contribution in [-0.2, 0) is 18.3 Å². The van der Waals surface area contributed by atoms with E-state index in [1.165, 1.54) is 5.56 Å². The summed E-state index contributed by atoms with van der Waals surface area (Å²) in [7, 11) is 5.66. The fraction of sp³-hybridized carbons (Fsp3) is 0.550. The van der Waals surface area contributed by atoms with Crippen LogP contribution in [0.3, 0.4) is 0 Å². The first-order chi connectivity index (χ1) is 13.5. The molecule has 0 radical (unpaired) electrons. The molecule has 0 amide bonds. The molecule has 0 fully saturated rings. The van der Waals surface area contributed by atoms with Gasteiger partial charge in [-0.2, -0.15) is 0 Å². The molecule has 8 nitrogen and oxygen atoms in total. The molecule has 154 valence electrons. The van der Waals surface area contributed by atoms with E-state index in [0.717, 1.165) is 36.3 Å². The second-order valence-corrected chi connectivity index (χ2v) is 6.72. The van der Waals surface area contributed by atoms with Gasteiger partial charge in [-0.1, -0.05) is 17.7 Å². The lowest BCUT2D eigenvalue weighted by atomic mass is 10.2. The van der Waals surface area contributed by atoms with E-state index in [1.54, 1.807) is 7.11 Å². The van der Waals surface area contributed by atoms with Crippen molar-refractivity contribution >= 4 is 5.96 Å². The Morgan fingerprint density at radius 2 is 1.93 bits per heavy atom. The average molecular weight is 389 g/mol. The first-order valence-corrected chi connectivity index (χ1v) is 9.54. The van der Waals surface area contributed by atoms with Gasteiger partial charge < -0.3 is 24.3 Å². The number of methoxy groups -OCH3 is 1. The molecule has 1 heterocycles. The molecule has 0 saturated carbocycles. The quantitative estimate of drug-likeness (QED) is 0.381. The molecular weight excluding hydrogens is 356 g/mol. The molecule has 1 aromatic carbocycles. The van der Waals surface area contributed by atoms with Gasteiger partial charge >= 0.3 is 0 Å². The molecule has 1 aromatic heterocycles. The van der Waals surface area contributed by atoms with Gasteiger partial charge in [-0.05, 0) is 32.4 Å². The number of aliphatic imine (C=N–C) groups is 1. The number of ether oxygens (including phenoxy) is 2. The lowest BCUT2D eigenvalue weighted by Gasteiger charge is -2.22. The second-order valence-electron chi connectivity index (χ2n) is 6.72. The number of nitrogens with one attached hydrogen (secondary N) is 1. The van der Waals surface area contributed by atoms with Gasteiger partial charge in [0.1, 0.15) is 24.7 Å². The van der Waals surface area contributed by atoms with Crippen LogP contribution in [0.5, 0.6) is 5.75 Å². The van der Waals surface area contributed by atoms with Gasteiger partial charge in [0.15, 0.2) is 11.8 Å². The van der Waals surface area contributed by atoms with Gasteiger partial charge in [0.2, 0.25) is 0 Å². The van der Waals surface area contributed by atoms with Gasteiger partial charge in [0, 0.05) is 34.4 Å². The van der Waals surface area contributed by atoms with Crippen molar-refractivity contribution in [1.82, 2.24) is 25.0 Å². The molecule has 0 aliphatic carbocycles. The van der Waals surface area contributed by atoms with Crippen molar-refractivity contribution in [1.29, 1.82) is 0 Å². The minimum Gasteiger partial charge on any atom is -0.492 e. The van der Waals surface area contributed by atoms with Crippen LogP contribution in [0.25, 0.3) is 0 Å². The van der Waals surface area contributed by atoms with Crippen LogP contribution < -0.4 is 10.1 Å². The molecule has 0 aliphatic rings. The van der Waals surface area contributed by atoms with Crippen LogP contribution in [0.4, 0.5) is 0 Å². The summed E-state index contributed by atoms with van der Waals surface area (Å²) in [4.78, 5) is 6.77. The van der Waals surface area contributed by atoms with Crippen molar-refractivity contribution in [3.8, 4) is 5.75 Å². The summed E-state index contributed by atoms with van der Waals surface area (Å²) in [5, 5.41) is 11.7. The van der Waals surface area contributed by atoms with Gasteiger partial charge in [0.05, 0.1) is 6.54 Å². The molecule has 0 atom stereocenters. The Kier molecular flexibility index (Phi) is 8.74. The summed E-state index contributed by atoms with van der Waals surface area (Å²) < 4.78 is 12.9. The van der Waals surface area contributed by atoms with Crippen LogP contribution in [0.1, 0.15) is 23.6 Å². The van der Waals surface area contributed by atoms with Crippen LogP contribution in [0.2, 0.25) is 0 Å². The standard InChI is InChI=1S/C20H32N6O2/c1-16-7-9-18(10-8-16)28-14-12-25(3)20(21-11-6-13-27-5)22-15-19-24-23-17(2)26(19)4/h7-10H,6,11-15H2,1-5H3,(H,21,22). The smallest absolute Gasteiger partial charge is 0.194 e. The van der Waals surface area contributed by atoms with Gasteiger partial charge in [-0.25, -0.2) is 4.99 Å². The number of guanidine groups is 1. The number of aryl methyl sites for hydroxylation is 2. The van der Waals surface area contributed by atoms with Gasteiger partial charge in [-0.3, -0.25) is 0 Å². The summed E-state index contributed by atoms with van der Waals surface area (Å²) in [5.41, 5.74) is 1.22. The Hall–Kier alpha value is -2.61. The lowest BCUT2D eigenvalue weighted by molar-refractivity contribution is 0.195. The number of likely N-dealkylation sites (N-methyl/N-ethyl adjacent to an activating group) is 1. The molecule has 0 spiro atoms. The zero-order valence-corrected chi connectivity index (χ0v) is 17.6. The highest BCUT2D eigenvalue weighted by molar-refractivity contribution is 5.79. The van der Waals surface area contributed by atoms with Crippen molar-refractivity contribution in [3.63, 3.8) is 0 Å². The van der Waals surface area contributed by atoms with E-state index in [1.807, 2.05) is 49.9 Å². The second kappa shape index (κ2) is 11.3. The van der Waals surface area contributed by atoms with E-state index >= 15 is 0 Å². The van der Waals surface area contributed by atoms with Crippen molar-refractivity contribution in [2.75, 3.05) is 40.5 Å². The Balaban J connectivity index is 1.92. The SMILES string of the molecule is COCCCNC(=NCc1nnc(C)n1C)N(C)CCOc1ccc(C)cc1. The average Bonchev–Trinajstić information content (AvgIpc) is 3.01. The van der Waals surface area contributed by atoms with E-state index in [-0.39, 0.29) is 0 Å². The molecule has 0 bridgehead atoms. The van der Waals surface area contributed by atoms with Crippen LogP contribution in [-0.4, -0.2) is 66.1 Å². The predicted molar refractivity (Wildman–Crippen MR) is 111 cm³/mol. The maximum Gasteiger partial charge on any atom is 0.194 e. The van der Waals surface area contributed by atoms with Crippen molar-refractivity contribution in [3.05, 3.63) is 41.5 Å². The lowest BCUT2D eigenvalue weighted by Crippen LogP contribution is -2.41. The molecule has 28 heavy (non-hydrogen) atoms. The molecule has 2 aromatic rings. The van der Waals surface area contributed by atoms with E-state index in [9.17, 15) is 0 Å². The van der Waals surface area contributed by atoms with E-state index < -0.39 is 0 Å². The summed E-state index contributed by atoms with van der Waals surface area (Å²) in [6, 6.07) is 8.08. The van der Waals surface area contributed by atoms with Crippen LogP contribution in [0.15, 0.2) is 29.3 Å². The summed E-state index contributed by atoms with van der Waals surface area (Å²) in [6.45, 7) is 7.24. The highest BCUT2D eigenvalue weighted by atomic mass is 16.5. The predicted octanol–water partition coefficient (Wildman–Crippen LogP) is 1.92. The number of hydrogen-bond donors (Lipinski definition) is 1. The largest absolute Gasteiger partial charge is 0.492 e. The number of hydrogen-bond acceptors (Lipinski definition) is 5. The Labute approximate surface area is 167 Å². The maximum atomic E-state index is 5.84. The molecule has 1 N–H and O–H groups in total. The molecule has 8 heteroatoms. The summed E-state index contributed by atoms with van der Waals surface area (Å²) in [6.07, 6.45) is 0.909. The summed E-state index contributed by atoms with van der Waals surface area (Å²) in [5.74, 6) is 3.39. The molecule has 2 rings (SSSR count). The fourth-order valence-electron chi connectivity index (χ4n) is 2.50. The third-order valence-corrected chi connectivity index (χ3v) is 4.44. The topological polar surface area (TPSA) is 76.8 Å². The van der Waals surface area contributed by atoms with Crippen molar-refractivity contribution < 1.29 is 9.47 Å². The van der Waals surface area contributed by atoms with E-state index in [4.69, 9.17) is 14.5 Å². The third-order valence-electron chi connectivity index (χ3n) is 4.44. The van der Waals surface area contributed by atoms with E-state index in [0.29, 0.717) is 26.3 Å². The highest BCUT2D eigenvalue weighted by Gasteiger charge is 2.09. The molecular formula is C20H32N6O2. The normalized spacial score (nSPS) is 11.5. The fourth-order valence-corrected chi connectivity index (χ4v) is 2.50. The molecule has 0 unspecified atom stereocenters. The van der Waals surface area contributed by atoms with Crippen molar-refractivity contribution in [2.24, 2.45) is 12.0 Å². The first kappa shape index (κ1) is 21.7. The van der Waals surface area contributed by atoms with Gasteiger partial charge in [-0.15, -0.1) is 10.2 Å². The number of benzene rings is 1. The number of aromatic nitrogens is 3. The summed E-state index contributed by atoms with van der Waals surface area (Å²) >= 11 is 0. The molecule has 0 aliphatic heterocycles. The minimum atomic E-state index is 0.465. The number of rotatable bonds is 10. The first-order valence-electron chi connectivity index (χ1n) is 9.54. The van der Waals surface area contributed by atoms with Crippen LogP contribution >= 0.6 is 0 Å². The number of nitrogens with zero attached hydrogens (tertiary/aromatic N) is 5. The molecule has 0 saturated heterocycles. The van der Waals surface area contributed by atoms with Gasteiger partial charge in [0.25, 0.3) is 0 Å². The monoisotopic (exact) mass is 388 g/mol. The third kappa shape index (κ3) is 6.84. The zero-order chi connectivity index (χ0) is 20.4. The van der Waals surface area contributed by atoms with E-state index in [2.05, 4.69) is 27.3 Å². The highest BCUT2D eigenvalue weighted by Crippen LogP contribution is 2.11. The Morgan fingerprint density at radius 1 is 1.18 bits per heavy atom. The van der Waals surface area contributed by atoms with Crippen LogP contribution in [0, 0.1) is 13.8 Å². The minimum absolute atomic E-state index is 0.465. The Bertz CT molecular complexity index is 742. The zero-order valence-electron chi connectivity index (χ0n) is 17.6. The maximum absolute atomic E-state index is 5.84. The van der Waals surface area contributed by atoms with Crippen molar-refractivity contribution in [2.45, 2.75) is 26.8 Å². The Morgan fingerprint density at radius 3 is 2.57 bits per heavy atom.